The normalized spacial score (nSPS) is 18.3. The second kappa shape index (κ2) is 20.6. The van der Waals surface area contributed by atoms with Crippen LogP contribution in [-0.2, 0) is 22.6 Å². The Kier molecular flexibility index (Phi) is 16.3. The summed E-state index contributed by atoms with van der Waals surface area (Å²) in [6, 6.07) is 25.3. The highest BCUT2D eigenvalue weighted by atomic mass is 16.7. The first-order valence-electron chi connectivity index (χ1n) is 18.3. The molecule has 0 radical (unpaired) electrons. The first-order chi connectivity index (χ1) is 22.6. The van der Waals surface area contributed by atoms with E-state index in [1.165, 1.54) is 82.6 Å². The molecule has 1 aliphatic rings. The quantitative estimate of drug-likeness (QED) is 0.115. The molecule has 252 valence electrons. The molecule has 0 saturated carbocycles. The summed E-state index contributed by atoms with van der Waals surface area (Å²) in [5.74, 6) is 0. The van der Waals surface area contributed by atoms with Gasteiger partial charge in [0, 0.05) is 25.1 Å². The molecule has 1 saturated heterocycles. The van der Waals surface area contributed by atoms with Crippen LogP contribution >= 0.6 is 0 Å². The van der Waals surface area contributed by atoms with Crippen LogP contribution in [0.15, 0.2) is 72.8 Å². The zero-order valence-electron chi connectivity index (χ0n) is 28.7. The summed E-state index contributed by atoms with van der Waals surface area (Å²) in [5, 5.41) is 9.60. The predicted octanol–water partition coefficient (Wildman–Crippen LogP) is 9.87. The molecular weight excluding hydrogens is 568 g/mol. The highest BCUT2D eigenvalue weighted by molar-refractivity contribution is 5.64. The number of unbranched alkanes of at least 4 members (excludes halogenated alkanes) is 10. The van der Waals surface area contributed by atoms with Crippen molar-refractivity contribution in [3.8, 4) is 11.1 Å². The van der Waals surface area contributed by atoms with E-state index in [1.54, 1.807) is 0 Å². The Labute approximate surface area is 279 Å². The maximum atomic E-state index is 9.60. The standard InChI is InChI=1S/C41H60N2O3/c1-3-5-7-9-11-13-26-43(27-14-12-10-8-6-4-2)31-39-29-40(36-20-18-33(32-44)19-21-36)46-41(45-39)37-24-22-35(23-25-37)38-17-15-16-34(28-38)30-42/h15-25,28,39-41,44H,3-14,26-27,29-32,42H2,1-2H3/t39-,40+,41+/m0/s1. The van der Waals surface area contributed by atoms with Crippen LogP contribution < -0.4 is 5.73 Å². The minimum absolute atomic E-state index is 0.0482. The zero-order chi connectivity index (χ0) is 32.4. The van der Waals surface area contributed by atoms with Crippen molar-refractivity contribution in [1.29, 1.82) is 0 Å². The van der Waals surface area contributed by atoms with Gasteiger partial charge in [0.25, 0.3) is 0 Å². The number of ether oxygens (including phenoxy) is 2. The van der Waals surface area contributed by atoms with E-state index in [9.17, 15) is 5.11 Å². The van der Waals surface area contributed by atoms with Crippen LogP contribution in [0.4, 0.5) is 0 Å². The lowest BCUT2D eigenvalue weighted by Crippen LogP contribution is -2.40. The van der Waals surface area contributed by atoms with Crippen molar-refractivity contribution in [3.05, 3.63) is 95.1 Å². The highest BCUT2D eigenvalue weighted by Crippen LogP contribution is 2.38. The van der Waals surface area contributed by atoms with Gasteiger partial charge in [0.1, 0.15) is 0 Å². The van der Waals surface area contributed by atoms with Gasteiger partial charge in [-0.25, -0.2) is 0 Å². The van der Waals surface area contributed by atoms with Gasteiger partial charge < -0.3 is 25.2 Å². The molecule has 4 rings (SSSR count). The lowest BCUT2D eigenvalue weighted by Gasteiger charge is -2.38. The molecule has 5 heteroatoms. The second-order valence-corrected chi connectivity index (χ2v) is 13.2. The highest BCUT2D eigenvalue weighted by Gasteiger charge is 2.33. The van der Waals surface area contributed by atoms with E-state index in [2.05, 4.69) is 79.4 Å². The molecule has 0 bridgehead atoms. The van der Waals surface area contributed by atoms with Crippen LogP contribution in [0.1, 0.15) is 132 Å². The van der Waals surface area contributed by atoms with Gasteiger partial charge in [-0.1, -0.05) is 145 Å². The van der Waals surface area contributed by atoms with Gasteiger partial charge >= 0.3 is 0 Å². The molecule has 0 aromatic heterocycles. The average molecular weight is 629 g/mol. The van der Waals surface area contributed by atoms with Gasteiger partial charge in [-0.2, -0.15) is 0 Å². The largest absolute Gasteiger partial charge is 0.392 e. The van der Waals surface area contributed by atoms with E-state index in [4.69, 9.17) is 15.2 Å². The molecule has 1 aliphatic heterocycles. The van der Waals surface area contributed by atoms with Crippen LogP contribution in [0.25, 0.3) is 11.1 Å². The summed E-state index contributed by atoms with van der Waals surface area (Å²) in [6.45, 7) is 8.36. The van der Waals surface area contributed by atoms with Crippen molar-refractivity contribution in [2.75, 3.05) is 19.6 Å². The Morgan fingerprint density at radius 3 is 1.89 bits per heavy atom. The Morgan fingerprint density at radius 2 is 1.28 bits per heavy atom. The summed E-state index contributed by atoms with van der Waals surface area (Å²) in [5.41, 5.74) is 12.5. The fraction of sp³-hybridized carbons (Fsp3) is 0.561. The molecule has 0 aliphatic carbocycles. The van der Waals surface area contributed by atoms with Crippen molar-refractivity contribution < 1.29 is 14.6 Å². The molecule has 1 fully saturated rings. The summed E-state index contributed by atoms with van der Waals surface area (Å²) < 4.78 is 13.5. The number of nitrogens with two attached hydrogens (primary N) is 1. The molecule has 46 heavy (non-hydrogen) atoms. The first-order valence-corrected chi connectivity index (χ1v) is 18.3. The smallest absolute Gasteiger partial charge is 0.184 e. The Hall–Kier alpha value is -2.54. The van der Waals surface area contributed by atoms with Crippen molar-refractivity contribution in [1.82, 2.24) is 4.90 Å². The van der Waals surface area contributed by atoms with Crippen LogP contribution in [0, 0.1) is 0 Å². The summed E-state index contributed by atoms with van der Waals surface area (Å²) >= 11 is 0. The fourth-order valence-electron chi connectivity index (χ4n) is 6.56. The van der Waals surface area contributed by atoms with E-state index in [-0.39, 0.29) is 18.8 Å². The van der Waals surface area contributed by atoms with E-state index in [0.29, 0.717) is 6.54 Å². The van der Waals surface area contributed by atoms with E-state index < -0.39 is 6.29 Å². The number of hydrogen-bond acceptors (Lipinski definition) is 5. The number of rotatable bonds is 21. The maximum Gasteiger partial charge on any atom is 0.184 e. The average Bonchev–Trinajstić information content (AvgIpc) is 3.11. The zero-order valence-corrected chi connectivity index (χ0v) is 28.7. The maximum absolute atomic E-state index is 9.60. The Bertz CT molecular complexity index is 1210. The first kappa shape index (κ1) is 36.3. The second-order valence-electron chi connectivity index (χ2n) is 13.2. The van der Waals surface area contributed by atoms with Gasteiger partial charge in [-0.3, -0.25) is 0 Å². The lowest BCUT2D eigenvalue weighted by atomic mass is 9.98. The molecule has 0 unspecified atom stereocenters. The Balaban J connectivity index is 1.47. The van der Waals surface area contributed by atoms with Gasteiger partial charge in [0.15, 0.2) is 6.29 Å². The SMILES string of the molecule is CCCCCCCCN(CCCCCCCC)C[C@@H]1C[C@H](c2ccc(CO)cc2)O[C@H](c2ccc(-c3cccc(CN)c3)cc2)O1. The third-order valence-corrected chi connectivity index (χ3v) is 9.41. The third-order valence-electron chi connectivity index (χ3n) is 9.41. The predicted molar refractivity (Wildman–Crippen MR) is 191 cm³/mol. The monoisotopic (exact) mass is 628 g/mol. The number of benzene rings is 3. The minimum Gasteiger partial charge on any atom is -0.392 e. The molecule has 0 spiro atoms. The number of nitrogens with zero attached hydrogens (tertiary/aromatic N) is 1. The topological polar surface area (TPSA) is 68.0 Å². The van der Waals surface area contributed by atoms with Gasteiger partial charge in [-0.15, -0.1) is 0 Å². The number of hydrogen-bond donors (Lipinski definition) is 2. The molecule has 5 nitrogen and oxygen atoms in total. The van der Waals surface area contributed by atoms with Crippen LogP contribution in [0.2, 0.25) is 0 Å². The molecule has 3 aromatic carbocycles. The summed E-state index contributed by atoms with van der Waals surface area (Å²) in [7, 11) is 0. The van der Waals surface area contributed by atoms with Gasteiger partial charge in [0.05, 0.1) is 18.8 Å². The summed E-state index contributed by atoms with van der Waals surface area (Å²) in [6.07, 6.45) is 16.2. The molecule has 0 amide bonds. The van der Waals surface area contributed by atoms with E-state index in [0.717, 1.165) is 53.9 Å². The third kappa shape index (κ3) is 11.9. The lowest BCUT2D eigenvalue weighted by molar-refractivity contribution is -0.253. The van der Waals surface area contributed by atoms with Crippen molar-refractivity contribution in [3.63, 3.8) is 0 Å². The van der Waals surface area contributed by atoms with E-state index in [1.807, 2.05) is 12.1 Å². The van der Waals surface area contributed by atoms with Crippen LogP contribution in [0.5, 0.6) is 0 Å². The van der Waals surface area contributed by atoms with Crippen molar-refractivity contribution in [2.24, 2.45) is 5.73 Å². The fourth-order valence-corrected chi connectivity index (χ4v) is 6.56. The number of aliphatic hydroxyl groups excluding tert-OH is 1. The van der Waals surface area contributed by atoms with Crippen molar-refractivity contribution in [2.45, 2.75) is 129 Å². The van der Waals surface area contributed by atoms with Crippen LogP contribution in [0.3, 0.4) is 0 Å². The Morgan fingerprint density at radius 1 is 0.674 bits per heavy atom. The summed E-state index contributed by atoms with van der Waals surface area (Å²) in [4.78, 5) is 2.67. The van der Waals surface area contributed by atoms with Crippen LogP contribution in [-0.4, -0.2) is 35.7 Å². The van der Waals surface area contributed by atoms with Gasteiger partial charge in [-0.05, 0) is 59.8 Å². The minimum atomic E-state index is -0.435. The number of aliphatic hydroxyl groups is 1. The molecule has 3 N–H and O–H groups in total. The van der Waals surface area contributed by atoms with E-state index >= 15 is 0 Å². The molecule has 3 atom stereocenters. The molecule has 3 aromatic rings. The molecule has 1 heterocycles. The molecular formula is C41H60N2O3. The van der Waals surface area contributed by atoms with Crippen molar-refractivity contribution >= 4 is 0 Å². The van der Waals surface area contributed by atoms with Gasteiger partial charge in [0.2, 0.25) is 0 Å².